The van der Waals surface area contributed by atoms with Crippen LogP contribution < -0.4 is 14.8 Å². The number of carbonyl (C=O) groups is 2. The van der Waals surface area contributed by atoms with Gasteiger partial charge in [0.1, 0.15) is 11.5 Å². The van der Waals surface area contributed by atoms with Gasteiger partial charge in [0.2, 0.25) is 0 Å². The van der Waals surface area contributed by atoms with E-state index in [1.165, 1.54) is 24.8 Å². The molecule has 3 rings (SSSR count). The number of halogens is 3. The van der Waals surface area contributed by atoms with Gasteiger partial charge in [0.25, 0.3) is 5.91 Å². The maximum absolute atomic E-state index is 12.4. The molecule has 42 heavy (non-hydrogen) atoms. The Hall–Kier alpha value is -4.01. The summed E-state index contributed by atoms with van der Waals surface area (Å²) in [6, 6.07) is 17.4. The number of hydrogen-bond acceptors (Lipinski definition) is 5. The number of alkyl halides is 3. The third-order valence-corrected chi connectivity index (χ3v) is 6.82. The number of ether oxygens (including phenoxy) is 3. The molecular formula is C33H38F3NO5. The standard InChI is InChI=1S/C33H38F3NO5/c1-23-21-29(22-24(2)31(23)26-14-16-28(17-15-26)42-33(34,35)36)41-20-8-6-4-5-7-9-25-10-12-27(13-11-25)32(39)37-19-18-30(38)40-3/h10-17,21-22H,4-9,18-20H2,1-3H3,(H,37,39). The molecular weight excluding hydrogens is 547 g/mol. The van der Waals surface area contributed by atoms with Crippen molar-refractivity contribution in [2.75, 3.05) is 20.3 Å². The van der Waals surface area contributed by atoms with E-state index in [1.807, 2.05) is 38.1 Å². The Morgan fingerprint density at radius 3 is 2.05 bits per heavy atom. The number of benzene rings is 3. The summed E-state index contributed by atoms with van der Waals surface area (Å²) in [5.41, 5.74) is 5.51. The highest BCUT2D eigenvalue weighted by Gasteiger charge is 2.31. The number of unbranched alkanes of at least 4 members (excludes halogenated alkanes) is 4. The summed E-state index contributed by atoms with van der Waals surface area (Å²) < 4.78 is 51.8. The largest absolute Gasteiger partial charge is 0.573 e. The first-order valence-corrected chi connectivity index (χ1v) is 14.1. The molecule has 0 saturated carbocycles. The number of carbonyl (C=O) groups excluding carboxylic acids is 2. The predicted octanol–water partition coefficient (Wildman–Crippen LogP) is 7.73. The molecule has 0 aliphatic heterocycles. The monoisotopic (exact) mass is 585 g/mol. The minimum absolute atomic E-state index is 0.145. The van der Waals surface area contributed by atoms with Crippen molar-refractivity contribution in [1.82, 2.24) is 5.32 Å². The van der Waals surface area contributed by atoms with Crippen LogP contribution in [0.1, 0.15) is 65.6 Å². The van der Waals surface area contributed by atoms with Crippen LogP contribution in [-0.2, 0) is 16.0 Å². The second kappa shape index (κ2) is 15.8. The third-order valence-electron chi connectivity index (χ3n) is 6.82. The molecule has 0 saturated heterocycles. The lowest BCUT2D eigenvalue weighted by Gasteiger charge is -2.15. The van der Waals surface area contributed by atoms with Crippen LogP contribution in [0.2, 0.25) is 0 Å². The Morgan fingerprint density at radius 1 is 0.810 bits per heavy atom. The average Bonchev–Trinajstić information content (AvgIpc) is 2.94. The van der Waals surface area contributed by atoms with E-state index >= 15 is 0 Å². The molecule has 0 fully saturated rings. The van der Waals surface area contributed by atoms with Crippen molar-refractivity contribution in [3.63, 3.8) is 0 Å². The van der Waals surface area contributed by atoms with E-state index in [-0.39, 0.29) is 30.6 Å². The number of hydrogen-bond donors (Lipinski definition) is 1. The summed E-state index contributed by atoms with van der Waals surface area (Å²) in [5, 5.41) is 2.71. The Bertz CT molecular complexity index is 1280. The van der Waals surface area contributed by atoms with E-state index in [2.05, 4.69) is 14.8 Å². The van der Waals surface area contributed by atoms with E-state index < -0.39 is 6.36 Å². The van der Waals surface area contributed by atoms with Crippen LogP contribution in [0.25, 0.3) is 11.1 Å². The lowest BCUT2D eigenvalue weighted by Crippen LogP contribution is -2.26. The minimum Gasteiger partial charge on any atom is -0.494 e. The van der Waals surface area contributed by atoms with Gasteiger partial charge in [-0.3, -0.25) is 9.59 Å². The quantitative estimate of drug-likeness (QED) is 0.146. The van der Waals surface area contributed by atoms with Crippen LogP contribution >= 0.6 is 0 Å². The Kier molecular flexibility index (Phi) is 12.3. The molecule has 0 atom stereocenters. The average molecular weight is 586 g/mol. The second-order valence-corrected chi connectivity index (χ2v) is 10.1. The van der Waals surface area contributed by atoms with Crippen LogP contribution in [0.3, 0.4) is 0 Å². The smallest absolute Gasteiger partial charge is 0.494 e. The molecule has 0 radical (unpaired) electrons. The van der Waals surface area contributed by atoms with Crippen LogP contribution in [0.5, 0.6) is 11.5 Å². The zero-order chi connectivity index (χ0) is 30.5. The van der Waals surface area contributed by atoms with Crippen LogP contribution in [-0.4, -0.2) is 38.5 Å². The number of nitrogens with one attached hydrogen (secondary N) is 1. The van der Waals surface area contributed by atoms with E-state index in [0.717, 1.165) is 66.5 Å². The van der Waals surface area contributed by atoms with E-state index in [9.17, 15) is 22.8 Å². The fourth-order valence-electron chi connectivity index (χ4n) is 4.74. The van der Waals surface area contributed by atoms with Gasteiger partial charge in [-0.05, 0) is 97.3 Å². The molecule has 0 aliphatic rings. The topological polar surface area (TPSA) is 73.9 Å². The molecule has 3 aromatic carbocycles. The first-order valence-electron chi connectivity index (χ1n) is 14.1. The minimum atomic E-state index is -4.71. The summed E-state index contributed by atoms with van der Waals surface area (Å²) >= 11 is 0. The van der Waals surface area contributed by atoms with Crippen molar-refractivity contribution in [2.45, 2.75) is 65.2 Å². The highest BCUT2D eigenvalue weighted by Crippen LogP contribution is 2.33. The van der Waals surface area contributed by atoms with Gasteiger partial charge in [-0.1, -0.05) is 43.5 Å². The van der Waals surface area contributed by atoms with Crippen molar-refractivity contribution in [2.24, 2.45) is 0 Å². The van der Waals surface area contributed by atoms with Crippen molar-refractivity contribution in [3.8, 4) is 22.6 Å². The molecule has 0 aromatic heterocycles. The van der Waals surface area contributed by atoms with Gasteiger partial charge >= 0.3 is 12.3 Å². The third kappa shape index (κ3) is 10.8. The van der Waals surface area contributed by atoms with Crippen LogP contribution in [0.15, 0.2) is 60.7 Å². The molecule has 0 spiro atoms. The highest BCUT2D eigenvalue weighted by molar-refractivity contribution is 5.94. The number of amides is 1. The van der Waals surface area contributed by atoms with Crippen molar-refractivity contribution >= 4 is 11.9 Å². The molecule has 0 bridgehead atoms. The molecule has 9 heteroatoms. The van der Waals surface area contributed by atoms with Gasteiger partial charge in [0.05, 0.1) is 20.1 Å². The lowest BCUT2D eigenvalue weighted by atomic mass is 9.95. The number of esters is 1. The molecule has 1 amide bonds. The summed E-state index contributed by atoms with van der Waals surface area (Å²) in [4.78, 5) is 23.3. The Balaban J connectivity index is 1.33. The zero-order valence-electron chi connectivity index (χ0n) is 24.3. The first kappa shape index (κ1) is 32.5. The fraction of sp³-hybridized carbons (Fsp3) is 0.394. The molecule has 0 aliphatic carbocycles. The van der Waals surface area contributed by atoms with Gasteiger partial charge in [0, 0.05) is 12.1 Å². The Labute approximate surface area is 245 Å². The summed E-state index contributed by atoms with van der Waals surface area (Å²) in [6.07, 6.45) is 1.67. The van der Waals surface area contributed by atoms with Crippen molar-refractivity contribution in [3.05, 3.63) is 82.9 Å². The van der Waals surface area contributed by atoms with Gasteiger partial charge in [-0.25, -0.2) is 0 Å². The highest BCUT2D eigenvalue weighted by atomic mass is 19.4. The van der Waals surface area contributed by atoms with Gasteiger partial charge in [-0.2, -0.15) is 0 Å². The molecule has 1 N–H and O–H groups in total. The number of rotatable bonds is 15. The van der Waals surface area contributed by atoms with E-state index in [0.29, 0.717) is 12.2 Å². The van der Waals surface area contributed by atoms with E-state index in [4.69, 9.17) is 4.74 Å². The molecule has 0 heterocycles. The van der Waals surface area contributed by atoms with Gasteiger partial charge < -0.3 is 19.5 Å². The molecule has 3 aromatic rings. The van der Waals surface area contributed by atoms with Crippen molar-refractivity contribution < 1.29 is 37.0 Å². The molecule has 0 unspecified atom stereocenters. The van der Waals surface area contributed by atoms with Gasteiger partial charge in [-0.15, -0.1) is 13.2 Å². The van der Waals surface area contributed by atoms with E-state index in [1.54, 1.807) is 24.3 Å². The molecule has 6 nitrogen and oxygen atoms in total. The maximum atomic E-state index is 12.4. The fourth-order valence-corrected chi connectivity index (χ4v) is 4.74. The van der Waals surface area contributed by atoms with Gasteiger partial charge in [0.15, 0.2) is 0 Å². The number of methoxy groups -OCH3 is 1. The SMILES string of the molecule is COC(=O)CCNC(=O)c1ccc(CCCCCCCOc2cc(C)c(-c3ccc(OC(F)(F)F)cc3)c(C)c2)cc1. The lowest BCUT2D eigenvalue weighted by molar-refractivity contribution is -0.274. The maximum Gasteiger partial charge on any atom is 0.573 e. The summed E-state index contributed by atoms with van der Waals surface area (Å²) in [6.45, 7) is 4.79. The summed E-state index contributed by atoms with van der Waals surface area (Å²) in [5.74, 6) is -0.0230. The second-order valence-electron chi connectivity index (χ2n) is 10.1. The normalized spacial score (nSPS) is 11.2. The predicted molar refractivity (Wildman–Crippen MR) is 156 cm³/mol. The number of aryl methyl sites for hydroxylation is 3. The van der Waals surface area contributed by atoms with Crippen molar-refractivity contribution in [1.29, 1.82) is 0 Å². The first-order chi connectivity index (χ1) is 20.1. The molecule has 226 valence electrons. The van der Waals surface area contributed by atoms with Crippen LogP contribution in [0.4, 0.5) is 13.2 Å². The van der Waals surface area contributed by atoms with Crippen LogP contribution in [0, 0.1) is 13.8 Å². The Morgan fingerprint density at radius 2 is 1.43 bits per heavy atom. The zero-order valence-corrected chi connectivity index (χ0v) is 24.3. The summed E-state index contributed by atoms with van der Waals surface area (Å²) in [7, 11) is 1.32.